The van der Waals surface area contributed by atoms with E-state index >= 15 is 0 Å². The minimum atomic E-state index is 0.940. The van der Waals surface area contributed by atoms with E-state index in [0.717, 1.165) is 12.0 Å². The van der Waals surface area contributed by atoms with Crippen molar-refractivity contribution in [2.75, 3.05) is 0 Å². The largest absolute Gasteiger partial charge is 0.404 e. The number of rotatable bonds is 7. The highest BCUT2D eigenvalue weighted by Crippen LogP contribution is 2.10. The van der Waals surface area contributed by atoms with E-state index < -0.39 is 0 Å². The van der Waals surface area contributed by atoms with Gasteiger partial charge in [0.05, 0.1) is 0 Å². The fourth-order valence-electron chi connectivity index (χ4n) is 1.30. The zero-order valence-electron chi connectivity index (χ0n) is 8.68. The van der Waals surface area contributed by atoms with E-state index in [-0.39, 0.29) is 0 Å². The predicted molar refractivity (Wildman–Crippen MR) is 59.1 cm³/mol. The van der Waals surface area contributed by atoms with Gasteiger partial charge in [0.15, 0.2) is 0 Å². The van der Waals surface area contributed by atoms with Crippen LogP contribution in [0.3, 0.4) is 0 Å². The Labute approximate surface area is 82.4 Å². The van der Waals surface area contributed by atoms with E-state index in [4.69, 9.17) is 12.2 Å². The molecule has 2 N–H and O–H groups in total. The van der Waals surface area contributed by atoms with Gasteiger partial charge in [0.2, 0.25) is 0 Å². The van der Waals surface area contributed by atoms with Crippen LogP contribution in [0.1, 0.15) is 51.9 Å². The van der Waals surface area contributed by atoms with Crippen LogP contribution in [0.15, 0.2) is 11.8 Å². The van der Waals surface area contributed by atoms with Gasteiger partial charge in [0.25, 0.3) is 0 Å². The molecule has 0 aromatic rings. The van der Waals surface area contributed by atoms with Crippen molar-refractivity contribution in [2.45, 2.75) is 51.9 Å². The number of hydrogen-bond acceptors (Lipinski definition) is 1. The zero-order valence-corrected chi connectivity index (χ0v) is 8.68. The lowest BCUT2D eigenvalue weighted by atomic mass is 10.1. The first-order chi connectivity index (χ1) is 6.35. The van der Waals surface area contributed by atoms with Gasteiger partial charge in [-0.2, -0.15) is 0 Å². The van der Waals surface area contributed by atoms with Gasteiger partial charge in [0.1, 0.15) is 0 Å². The van der Waals surface area contributed by atoms with Crippen LogP contribution < -0.4 is 5.73 Å². The van der Waals surface area contributed by atoms with Crippen LogP contribution in [-0.2, 0) is 0 Å². The van der Waals surface area contributed by atoms with Gasteiger partial charge in [-0.05, 0) is 12.8 Å². The van der Waals surface area contributed by atoms with Gasteiger partial charge in [-0.25, -0.2) is 0 Å². The molecule has 0 fully saturated rings. The molecule has 0 aliphatic rings. The second kappa shape index (κ2) is 9.19. The third-order valence-electron chi connectivity index (χ3n) is 2.19. The Kier molecular flexibility index (Phi) is 8.55. The van der Waals surface area contributed by atoms with E-state index in [1.54, 1.807) is 6.20 Å². The summed E-state index contributed by atoms with van der Waals surface area (Å²) in [4.78, 5) is 0. The molecule has 1 nitrogen and oxygen atoms in total. The first-order valence-electron chi connectivity index (χ1n) is 5.22. The fourth-order valence-corrected chi connectivity index (χ4v) is 1.30. The average molecular weight is 179 g/mol. The molecule has 0 atom stereocenters. The molecule has 1 heteroatoms. The van der Waals surface area contributed by atoms with Gasteiger partial charge in [-0.15, -0.1) is 6.42 Å². The first-order valence-corrected chi connectivity index (χ1v) is 5.22. The lowest BCUT2D eigenvalue weighted by Crippen LogP contribution is -1.87. The molecule has 0 aliphatic heterocycles. The molecular weight excluding hydrogens is 158 g/mol. The molecule has 0 aromatic heterocycles. The molecule has 0 radical (unpaired) electrons. The van der Waals surface area contributed by atoms with Crippen LogP contribution in [0, 0.1) is 12.3 Å². The first kappa shape index (κ1) is 12.1. The summed E-state index contributed by atoms with van der Waals surface area (Å²) in [5, 5.41) is 0. The molecular formula is C12H21N. The summed E-state index contributed by atoms with van der Waals surface area (Å²) in [5.41, 5.74) is 6.28. The van der Waals surface area contributed by atoms with Gasteiger partial charge < -0.3 is 5.73 Å². The van der Waals surface area contributed by atoms with Crippen LogP contribution in [-0.4, -0.2) is 0 Å². The highest BCUT2D eigenvalue weighted by Gasteiger charge is 1.93. The van der Waals surface area contributed by atoms with E-state index in [1.165, 1.54) is 38.5 Å². The smallest absolute Gasteiger partial charge is 0.0172 e. The van der Waals surface area contributed by atoms with Crippen molar-refractivity contribution < 1.29 is 0 Å². The average Bonchev–Trinajstić information content (AvgIpc) is 2.17. The summed E-state index contributed by atoms with van der Waals surface area (Å²) in [6.45, 7) is 2.23. The lowest BCUT2D eigenvalue weighted by Gasteiger charge is -2.00. The lowest BCUT2D eigenvalue weighted by molar-refractivity contribution is 0.608. The van der Waals surface area contributed by atoms with Gasteiger partial charge >= 0.3 is 0 Å². The summed E-state index contributed by atoms with van der Waals surface area (Å²) >= 11 is 0. The van der Waals surface area contributed by atoms with E-state index in [2.05, 4.69) is 12.8 Å². The van der Waals surface area contributed by atoms with Crippen LogP contribution >= 0.6 is 0 Å². The van der Waals surface area contributed by atoms with Crippen molar-refractivity contribution in [3.8, 4) is 12.3 Å². The topological polar surface area (TPSA) is 26.0 Å². The monoisotopic (exact) mass is 179 g/mol. The molecule has 0 spiro atoms. The number of hydrogen-bond donors (Lipinski definition) is 1. The summed E-state index contributed by atoms with van der Waals surface area (Å²) in [6.07, 6.45) is 15.6. The second-order valence-corrected chi connectivity index (χ2v) is 3.35. The molecule has 0 unspecified atom stereocenters. The van der Waals surface area contributed by atoms with Crippen LogP contribution in [0.2, 0.25) is 0 Å². The summed E-state index contributed by atoms with van der Waals surface area (Å²) < 4.78 is 0. The van der Waals surface area contributed by atoms with Crippen LogP contribution in [0.25, 0.3) is 0 Å². The fraction of sp³-hybridized carbons (Fsp3) is 0.667. The van der Waals surface area contributed by atoms with Crippen molar-refractivity contribution in [1.82, 2.24) is 0 Å². The summed E-state index contributed by atoms with van der Waals surface area (Å²) in [5.74, 6) is 2.59. The minimum absolute atomic E-state index is 0.940. The molecule has 0 aliphatic carbocycles. The zero-order chi connectivity index (χ0) is 9.94. The van der Waals surface area contributed by atoms with Crippen LogP contribution in [0.4, 0.5) is 0 Å². The normalized spacial score (nSPS) is 11.2. The minimum Gasteiger partial charge on any atom is -0.404 e. The van der Waals surface area contributed by atoms with Crippen molar-refractivity contribution >= 4 is 0 Å². The number of nitrogens with two attached hydrogens (primary N) is 1. The summed E-state index contributed by atoms with van der Waals surface area (Å²) in [7, 11) is 0. The Morgan fingerprint density at radius 3 is 2.38 bits per heavy atom. The molecule has 13 heavy (non-hydrogen) atoms. The maximum Gasteiger partial charge on any atom is 0.0172 e. The molecule has 0 aromatic carbocycles. The third-order valence-corrected chi connectivity index (χ3v) is 2.19. The van der Waals surface area contributed by atoms with E-state index in [1.807, 2.05) is 0 Å². The third kappa shape index (κ3) is 7.46. The Morgan fingerprint density at radius 2 is 1.85 bits per heavy atom. The highest BCUT2D eigenvalue weighted by atomic mass is 14.5. The number of allylic oxidation sites excluding steroid dienone is 1. The second-order valence-electron chi connectivity index (χ2n) is 3.35. The predicted octanol–water partition coefficient (Wildman–Crippen LogP) is 3.21. The molecule has 0 saturated carbocycles. The van der Waals surface area contributed by atoms with Crippen LogP contribution in [0.5, 0.6) is 0 Å². The van der Waals surface area contributed by atoms with Gasteiger partial charge in [0, 0.05) is 11.8 Å². The van der Waals surface area contributed by atoms with Gasteiger partial charge in [-0.1, -0.05) is 44.9 Å². The maximum absolute atomic E-state index is 5.34. The highest BCUT2D eigenvalue weighted by molar-refractivity contribution is 5.23. The van der Waals surface area contributed by atoms with Crippen molar-refractivity contribution in [3.63, 3.8) is 0 Å². The number of terminal acetylenes is 1. The molecule has 0 heterocycles. The van der Waals surface area contributed by atoms with Crippen molar-refractivity contribution in [1.29, 1.82) is 0 Å². The molecule has 0 bridgehead atoms. The quantitative estimate of drug-likeness (QED) is 0.471. The maximum atomic E-state index is 5.34. The van der Waals surface area contributed by atoms with E-state index in [0.29, 0.717) is 0 Å². The molecule has 0 saturated heterocycles. The Hall–Kier alpha value is -0.900. The molecule has 74 valence electrons. The standard InChI is InChI=1S/C12H21N/c1-3-5-6-7-8-9-10-12(4-2)11-13/h2,11H,3,5-10,13H2,1H3/b12-11-. The van der Waals surface area contributed by atoms with Crippen molar-refractivity contribution in [2.24, 2.45) is 5.73 Å². The summed E-state index contributed by atoms with van der Waals surface area (Å²) in [6, 6.07) is 0. The Balaban J connectivity index is 3.21. The SMILES string of the molecule is C#C/C(=C/N)CCCCCCCC. The Morgan fingerprint density at radius 1 is 1.23 bits per heavy atom. The molecule has 0 amide bonds. The Bertz CT molecular complexity index is 174. The van der Waals surface area contributed by atoms with E-state index in [9.17, 15) is 0 Å². The van der Waals surface area contributed by atoms with Crippen molar-refractivity contribution in [3.05, 3.63) is 11.8 Å². The number of unbranched alkanes of at least 4 members (excludes halogenated alkanes) is 5. The van der Waals surface area contributed by atoms with Gasteiger partial charge in [-0.3, -0.25) is 0 Å². The molecule has 0 rings (SSSR count).